The van der Waals surface area contributed by atoms with Crippen molar-refractivity contribution < 1.29 is 43.9 Å². The molecule has 266 valence electrons. The van der Waals surface area contributed by atoms with E-state index >= 15 is 0 Å². The predicted molar refractivity (Wildman–Crippen MR) is 190 cm³/mol. The van der Waals surface area contributed by atoms with E-state index in [1.807, 2.05) is 0 Å². The molecule has 0 atom stereocenters. The van der Waals surface area contributed by atoms with Crippen molar-refractivity contribution in [1.29, 1.82) is 0 Å². The summed E-state index contributed by atoms with van der Waals surface area (Å²) in [7, 11) is -13.3. The molecular formula is C32H28ClN5O10S3. The van der Waals surface area contributed by atoms with Gasteiger partial charge in [0.2, 0.25) is 5.91 Å². The summed E-state index contributed by atoms with van der Waals surface area (Å²) in [5.74, 6) is -1.06. The number of nitrogens with zero attached hydrogens (tertiary/aromatic N) is 4. The third-order valence-corrected chi connectivity index (χ3v) is 11.8. The second-order valence-electron chi connectivity index (χ2n) is 10.7. The number of azo groups is 1. The Bertz CT molecular complexity index is 2510. The Labute approximate surface area is 298 Å². The van der Waals surface area contributed by atoms with Gasteiger partial charge in [0.15, 0.2) is 0 Å². The molecule has 4 N–H and O–H groups in total. The maximum Gasteiger partial charge on any atom is 0.341 e. The molecule has 15 nitrogen and oxygen atoms in total. The number of rotatable bonds is 11. The summed E-state index contributed by atoms with van der Waals surface area (Å²) < 4.78 is 93.3. The molecule has 0 heterocycles. The first-order valence-corrected chi connectivity index (χ1v) is 19.2. The van der Waals surface area contributed by atoms with Gasteiger partial charge in [-0.2, -0.15) is 16.8 Å². The maximum atomic E-state index is 13.7. The molecule has 0 saturated carbocycles. The average Bonchev–Trinajstić information content (AvgIpc) is 3.08. The van der Waals surface area contributed by atoms with E-state index in [9.17, 15) is 39.7 Å². The standard InChI is InChI=1S/C32H28ClN5O10S3/c1-3-37(22-11-15-25(16-12-22)50(43,44)45)49(41,42)26-18-21-8-17-27(34)32(31(21)29(40)19-26)36-35-28-6-4-5-7-30(28)51(46,47)48-24-13-9-23(10-14-24)38(33)20(2)39/h4-19,40H,3,34H2,1-2H3,(H,43,44,45). The first-order chi connectivity index (χ1) is 23.9. The molecule has 0 aliphatic carbocycles. The van der Waals surface area contributed by atoms with Crippen LogP contribution < -0.4 is 18.6 Å². The average molecular weight is 774 g/mol. The van der Waals surface area contributed by atoms with E-state index in [-0.39, 0.29) is 55.6 Å². The minimum atomic E-state index is -4.51. The van der Waals surface area contributed by atoms with Gasteiger partial charge in [-0.15, -0.1) is 10.2 Å². The number of phenolic OH excluding ortho intramolecular Hbond substituents is 1. The number of sulfonamides is 1. The Hall–Kier alpha value is -5.27. The van der Waals surface area contributed by atoms with Crippen molar-refractivity contribution in [3.8, 4) is 11.5 Å². The normalized spacial score (nSPS) is 12.2. The zero-order valence-electron chi connectivity index (χ0n) is 26.6. The van der Waals surface area contributed by atoms with Gasteiger partial charge in [-0.1, -0.05) is 18.2 Å². The van der Waals surface area contributed by atoms with Crippen LogP contribution in [0.3, 0.4) is 0 Å². The van der Waals surface area contributed by atoms with Gasteiger partial charge < -0.3 is 15.0 Å². The fraction of sp³-hybridized carbons (Fsp3) is 0.0938. The number of aromatic hydroxyl groups is 1. The van der Waals surface area contributed by atoms with Gasteiger partial charge >= 0.3 is 10.1 Å². The molecule has 5 rings (SSSR count). The first kappa shape index (κ1) is 37.0. The SMILES string of the molecule is CCN(c1ccc(S(=O)(=O)O)cc1)S(=O)(=O)c1cc(O)c2c(N=Nc3ccccc3S(=O)(=O)Oc3ccc(N(Cl)C(C)=O)cc3)c(N)ccc2c1. The second kappa shape index (κ2) is 14.2. The molecule has 0 aliphatic rings. The first-order valence-electron chi connectivity index (χ1n) is 14.6. The minimum Gasteiger partial charge on any atom is -0.507 e. The topological polar surface area (TPSA) is 226 Å². The molecule has 51 heavy (non-hydrogen) atoms. The molecule has 0 aromatic heterocycles. The lowest BCUT2D eigenvalue weighted by Gasteiger charge is -2.23. The van der Waals surface area contributed by atoms with Crippen LogP contribution in [-0.2, 0) is 35.1 Å². The van der Waals surface area contributed by atoms with Crippen LogP contribution in [-0.4, -0.2) is 47.4 Å². The maximum absolute atomic E-state index is 13.7. The zero-order chi connectivity index (χ0) is 37.3. The fourth-order valence-corrected chi connectivity index (χ4v) is 8.10. The number of halogens is 1. The third-order valence-electron chi connectivity index (χ3n) is 7.31. The van der Waals surface area contributed by atoms with Crippen LogP contribution in [0.1, 0.15) is 13.8 Å². The Morgan fingerprint density at radius 1 is 0.843 bits per heavy atom. The van der Waals surface area contributed by atoms with Crippen molar-refractivity contribution >= 4 is 87.2 Å². The van der Waals surface area contributed by atoms with Gasteiger partial charge in [0.1, 0.15) is 27.8 Å². The van der Waals surface area contributed by atoms with E-state index in [1.54, 1.807) is 6.92 Å². The molecule has 0 bridgehead atoms. The van der Waals surface area contributed by atoms with Crippen LogP contribution in [0.15, 0.2) is 122 Å². The van der Waals surface area contributed by atoms with E-state index < -0.39 is 46.8 Å². The molecule has 5 aromatic rings. The van der Waals surface area contributed by atoms with Gasteiger partial charge in [0.05, 0.1) is 32.2 Å². The number of fused-ring (bicyclic) bond motifs is 1. The second-order valence-corrected chi connectivity index (χ2v) is 15.8. The highest BCUT2D eigenvalue weighted by molar-refractivity contribution is 7.92. The number of nitrogens with two attached hydrogens (primary N) is 1. The molecule has 0 saturated heterocycles. The summed E-state index contributed by atoms with van der Waals surface area (Å²) >= 11 is 5.90. The van der Waals surface area contributed by atoms with Crippen LogP contribution in [0.4, 0.5) is 28.4 Å². The van der Waals surface area contributed by atoms with E-state index in [4.69, 9.17) is 21.7 Å². The van der Waals surface area contributed by atoms with Crippen LogP contribution in [0.5, 0.6) is 11.5 Å². The van der Waals surface area contributed by atoms with Crippen molar-refractivity contribution in [3.63, 3.8) is 0 Å². The Kier molecular flexibility index (Phi) is 10.3. The lowest BCUT2D eigenvalue weighted by Crippen LogP contribution is -2.30. The minimum absolute atomic E-state index is 0.0221. The van der Waals surface area contributed by atoms with Crippen LogP contribution in [0.25, 0.3) is 10.8 Å². The van der Waals surface area contributed by atoms with E-state index in [2.05, 4.69) is 10.2 Å². The Balaban J connectivity index is 1.49. The van der Waals surface area contributed by atoms with Crippen molar-refractivity contribution in [2.75, 3.05) is 21.0 Å². The van der Waals surface area contributed by atoms with Crippen molar-refractivity contribution in [1.82, 2.24) is 0 Å². The largest absolute Gasteiger partial charge is 0.507 e. The molecule has 1 amide bonds. The summed E-state index contributed by atoms with van der Waals surface area (Å²) in [5.41, 5.74) is 6.37. The number of phenols is 1. The molecule has 0 aliphatic heterocycles. The summed E-state index contributed by atoms with van der Waals surface area (Å²) in [6.45, 7) is 2.74. The number of hydrogen-bond acceptors (Lipinski definition) is 12. The number of carbonyl (C=O) groups excluding carboxylic acids is 1. The summed E-state index contributed by atoms with van der Waals surface area (Å²) in [5, 5.41) is 19.6. The van der Waals surface area contributed by atoms with Gasteiger partial charge in [0, 0.05) is 31.3 Å². The number of carbonyl (C=O) groups is 1. The van der Waals surface area contributed by atoms with Gasteiger partial charge in [-0.3, -0.25) is 13.7 Å². The lowest BCUT2D eigenvalue weighted by atomic mass is 10.1. The van der Waals surface area contributed by atoms with Crippen molar-refractivity contribution in [3.05, 3.63) is 97.1 Å². The number of amides is 1. The smallest absolute Gasteiger partial charge is 0.341 e. The van der Waals surface area contributed by atoms with Crippen LogP contribution >= 0.6 is 11.8 Å². The third kappa shape index (κ3) is 7.74. The molecule has 5 aromatic carbocycles. The van der Waals surface area contributed by atoms with Crippen molar-refractivity contribution in [2.24, 2.45) is 10.2 Å². The van der Waals surface area contributed by atoms with E-state index in [0.717, 1.165) is 26.9 Å². The molecule has 0 unspecified atom stereocenters. The summed E-state index contributed by atoms with van der Waals surface area (Å²) in [6, 6.07) is 20.6. The molecular weight excluding hydrogens is 746 g/mol. The van der Waals surface area contributed by atoms with E-state index in [0.29, 0.717) is 5.69 Å². The molecule has 0 radical (unpaired) electrons. The summed E-state index contributed by atoms with van der Waals surface area (Å²) in [4.78, 5) is 10.4. The lowest BCUT2D eigenvalue weighted by molar-refractivity contribution is -0.115. The molecule has 0 spiro atoms. The fourth-order valence-electron chi connectivity index (χ4n) is 4.91. The van der Waals surface area contributed by atoms with E-state index in [1.165, 1.54) is 85.8 Å². The molecule has 19 heteroatoms. The number of hydrogen-bond donors (Lipinski definition) is 3. The predicted octanol–water partition coefficient (Wildman–Crippen LogP) is 6.28. The summed E-state index contributed by atoms with van der Waals surface area (Å²) in [6.07, 6.45) is 0. The monoisotopic (exact) mass is 773 g/mol. The zero-order valence-corrected chi connectivity index (χ0v) is 29.8. The van der Waals surface area contributed by atoms with Crippen molar-refractivity contribution in [2.45, 2.75) is 28.5 Å². The Morgan fingerprint density at radius 2 is 1.47 bits per heavy atom. The van der Waals surface area contributed by atoms with Crippen LogP contribution in [0, 0.1) is 0 Å². The van der Waals surface area contributed by atoms with Gasteiger partial charge in [-0.25, -0.2) is 12.8 Å². The number of benzene rings is 5. The highest BCUT2D eigenvalue weighted by Crippen LogP contribution is 2.41. The molecule has 0 fully saturated rings. The Morgan fingerprint density at radius 3 is 2.08 bits per heavy atom. The van der Waals surface area contributed by atoms with Crippen LogP contribution in [0.2, 0.25) is 0 Å². The van der Waals surface area contributed by atoms with Gasteiger partial charge in [-0.05, 0) is 85.1 Å². The quantitative estimate of drug-likeness (QED) is 0.0445. The number of nitrogen functional groups attached to an aromatic ring is 1. The highest BCUT2D eigenvalue weighted by atomic mass is 35.5. The highest BCUT2D eigenvalue weighted by Gasteiger charge is 2.27. The number of anilines is 3. The van der Waals surface area contributed by atoms with Gasteiger partial charge in [0.25, 0.3) is 20.1 Å².